The van der Waals surface area contributed by atoms with Crippen molar-refractivity contribution in [2.24, 2.45) is 0 Å². The number of amides is 2. The number of benzene rings is 3. The van der Waals surface area contributed by atoms with E-state index in [1.165, 1.54) is 6.07 Å². The Kier molecular flexibility index (Phi) is 6.77. The average molecular weight is 459 g/mol. The second-order valence-corrected chi connectivity index (χ2v) is 8.28. The van der Waals surface area contributed by atoms with Gasteiger partial charge >= 0.3 is 0 Å². The molecule has 0 spiro atoms. The fourth-order valence-electron chi connectivity index (χ4n) is 4.06. The molecule has 3 aromatic rings. The molecule has 0 radical (unpaired) electrons. The largest absolute Gasteiger partial charge is 0.491 e. The summed E-state index contributed by atoms with van der Waals surface area (Å²) < 4.78 is 20.1. The molecular weight excluding hydrogens is 431 g/mol. The second kappa shape index (κ2) is 9.91. The van der Waals surface area contributed by atoms with Gasteiger partial charge in [0.15, 0.2) is 0 Å². The number of carbonyl (C=O) groups is 2. The molecule has 4 rings (SSSR count). The van der Waals surface area contributed by atoms with Crippen molar-refractivity contribution < 1.29 is 18.7 Å². The Bertz CT molecular complexity index is 1220. The normalized spacial score (nSPS) is 13.7. The van der Waals surface area contributed by atoms with E-state index in [1.807, 2.05) is 56.0 Å². The highest BCUT2D eigenvalue weighted by molar-refractivity contribution is 6.36. The first-order valence-corrected chi connectivity index (χ1v) is 11.3. The summed E-state index contributed by atoms with van der Waals surface area (Å²) in [6.07, 6.45) is 0.0141. The highest BCUT2D eigenvalue weighted by Gasteiger charge is 2.42. The van der Waals surface area contributed by atoms with E-state index in [0.29, 0.717) is 23.4 Å². The van der Waals surface area contributed by atoms with Crippen LogP contribution in [0.2, 0.25) is 0 Å². The quantitative estimate of drug-likeness (QED) is 0.423. The summed E-state index contributed by atoms with van der Waals surface area (Å²) in [4.78, 5) is 30.2. The SMILES string of the molecule is CCN(C1=C(c2ccc(OC(C)C)cc2)C(=O)N(Cc2ccccc2F)C1=O)c1ccccc1. The van der Waals surface area contributed by atoms with Crippen LogP contribution in [0.5, 0.6) is 5.75 Å². The molecular formula is C28H27FN2O3. The lowest BCUT2D eigenvalue weighted by Gasteiger charge is -2.25. The minimum Gasteiger partial charge on any atom is -0.491 e. The molecule has 0 aliphatic carbocycles. The summed E-state index contributed by atoms with van der Waals surface area (Å²) in [5.74, 6) is -0.674. The fraction of sp³-hybridized carbons (Fsp3) is 0.214. The molecule has 0 fully saturated rings. The van der Waals surface area contributed by atoms with Gasteiger partial charge in [-0.05, 0) is 56.7 Å². The number of para-hydroxylation sites is 1. The highest BCUT2D eigenvalue weighted by Crippen LogP contribution is 2.35. The zero-order valence-electron chi connectivity index (χ0n) is 19.5. The third kappa shape index (κ3) is 4.57. The zero-order chi connectivity index (χ0) is 24.2. The van der Waals surface area contributed by atoms with Crippen molar-refractivity contribution >= 4 is 23.1 Å². The monoisotopic (exact) mass is 458 g/mol. The molecule has 3 aromatic carbocycles. The Morgan fingerprint density at radius 2 is 1.53 bits per heavy atom. The first-order valence-electron chi connectivity index (χ1n) is 11.3. The van der Waals surface area contributed by atoms with Crippen LogP contribution in [0.4, 0.5) is 10.1 Å². The van der Waals surface area contributed by atoms with Crippen molar-refractivity contribution in [2.75, 3.05) is 11.4 Å². The molecule has 1 aliphatic rings. The lowest BCUT2D eigenvalue weighted by molar-refractivity contribution is -0.137. The van der Waals surface area contributed by atoms with Gasteiger partial charge in [0.05, 0.1) is 18.2 Å². The van der Waals surface area contributed by atoms with Crippen molar-refractivity contribution in [3.8, 4) is 5.75 Å². The Morgan fingerprint density at radius 1 is 0.882 bits per heavy atom. The Labute approximate surface area is 199 Å². The van der Waals surface area contributed by atoms with E-state index in [1.54, 1.807) is 42.5 Å². The summed E-state index contributed by atoms with van der Waals surface area (Å²) in [5, 5.41) is 0. The van der Waals surface area contributed by atoms with Gasteiger partial charge in [0.2, 0.25) is 0 Å². The van der Waals surface area contributed by atoms with Crippen LogP contribution in [-0.4, -0.2) is 29.4 Å². The van der Waals surface area contributed by atoms with Gasteiger partial charge in [0.1, 0.15) is 17.3 Å². The molecule has 1 heterocycles. The van der Waals surface area contributed by atoms with Gasteiger partial charge in [-0.1, -0.05) is 48.5 Å². The first kappa shape index (κ1) is 23.2. The molecule has 6 heteroatoms. The van der Waals surface area contributed by atoms with Crippen molar-refractivity contribution in [2.45, 2.75) is 33.4 Å². The van der Waals surface area contributed by atoms with Crippen LogP contribution in [0.1, 0.15) is 31.9 Å². The summed E-state index contributed by atoms with van der Waals surface area (Å²) in [6.45, 7) is 6.14. The zero-order valence-corrected chi connectivity index (χ0v) is 19.5. The molecule has 1 aliphatic heterocycles. The van der Waals surface area contributed by atoms with Crippen LogP contribution in [0.25, 0.3) is 5.57 Å². The summed E-state index contributed by atoms with van der Waals surface area (Å²) >= 11 is 0. The molecule has 34 heavy (non-hydrogen) atoms. The predicted molar refractivity (Wildman–Crippen MR) is 131 cm³/mol. The summed E-state index contributed by atoms with van der Waals surface area (Å²) in [6, 6.07) is 22.8. The molecule has 0 saturated carbocycles. The predicted octanol–water partition coefficient (Wildman–Crippen LogP) is 5.42. The van der Waals surface area contributed by atoms with Crippen LogP contribution in [0, 0.1) is 5.82 Å². The molecule has 0 N–H and O–H groups in total. The number of carbonyl (C=O) groups excluding carboxylic acids is 2. The van der Waals surface area contributed by atoms with E-state index in [4.69, 9.17) is 4.74 Å². The third-order valence-electron chi connectivity index (χ3n) is 5.60. The van der Waals surface area contributed by atoms with E-state index in [9.17, 15) is 14.0 Å². The van der Waals surface area contributed by atoms with E-state index < -0.39 is 17.6 Å². The second-order valence-electron chi connectivity index (χ2n) is 8.28. The number of ether oxygens (including phenoxy) is 1. The molecule has 0 atom stereocenters. The van der Waals surface area contributed by atoms with Gasteiger partial charge in [-0.3, -0.25) is 14.5 Å². The maximum absolute atomic E-state index is 14.4. The summed E-state index contributed by atoms with van der Waals surface area (Å²) in [5.41, 5.74) is 2.27. The van der Waals surface area contributed by atoms with Crippen molar-refractivity contribution in [3.05, 3.63) is 102 Å². The van der Waals surface area contributed by atoms with Gasteiger partial charge in [0.25, 0.3) is 11.8 Å². The van der Waals surface area contributed by atoms with Crippen LogP contribution in [0.15, 0.2) is 84.6 Å². The molecule has 0 unspecified atom stereocenters. The van der Waals surface area contributed by atoms with E-state index in [-0.39, 0.29) is 23.9 Å². The molecule has 0 bridgehead atoms. The van der Waals surface area contributed by atoms with E-state index in [0.717, 1.165) is 10.6 Å². The van der Waals surface area contributed by atoms with Crippen LogP contribution in [0.3, 0.4) is 0 Å². The van der Waals surface area contributed by atoms with E-state index in [2.05, 4.69) is 0 Å². The molecule has 5 nitrogen and oxygen atoms in total. The van der Waals surface area contributed by atoms with Gasteiger partial charge in [0, 0.05) is 17.8 Å². The van der Waals surface area contributed by atoms with Gasteiger partial charge < -0.3 is 9.64 Å². The van der Waals surface area contributed by atoms with Crippen molar-refractivity contribution in [1.29, 1.82) is 0 Å². The Hall–Kier alpha value is -3.93. The standard InChI is InChI=1S/C28H27FN2O3/c1-4-30(22-11-6-5-7-12-22)26-25(20-14-16-23(17-15-20)34-19(2)3)27(32)31(28(26)33)18-21-10-8-9-13-24(21)29/h5-17,19H,4,18H2,1-3H3. The Balaban J connectivity index is 1.80. The lowest BCUT2D eigenvalue weighted by atomic mass is 10.0. The van der Waals surface area contributed by atoms with Crippen LogP contribution >= 0.6 is 0 Å². The minimum atomic E-state index is -0.455. The van der Waals surface area contributed by atoms with E-state index >= 15 is 0 Å². The first-order chi connectivity index (χ1) is 16.4. The third-order valence-corrected chi connectivity index (χ3v) is 5.60. The number of halogens is 1. The smallest absolute Gasteiger partial charge is 0.278 e. The minimum absolute atomic E-state index is 0.0141. The lowest BCUT2D eigenvalue weighted by Crippen LogP contribution is -2.35. The molecule has 2 amide bonds. The summed E-state index contributed by atoms with van der Waals surface area (Å²) in [7, 11) is 0. The fourth-order valence-corrected chi connectivity index (χ4v) is 4.06. The maximum Gasteiger partial charge on any atom is 0.278 e. The van der Waals surface area contributed by atoms with Crippen LogP contribution < -0.4 is 9.64 Å². The number of hydrogen-bond donors (Lipinski definition) is 0. The number of rotatable bonds is 8. The molecule has 174 valence electrons. The number of likely N-dealkylation sites (N-methyl/N-ethyl adjacent to an activating group) is 1. The molecule has 0 saturated heterocycles. The van der Waals surface area contributed by atoms with Crippen molar-refractivity contribution in [1.82, 2.24) is 4.90 Å². The number of anilines is 1. The van der Waals surface area contributed by atoms with Gasteiger partial charge in [-0.25, -0.2) is 4.39 Å². The average Bonchev–Trinajstić information content (AvgIpc) is 3.07. The molecule has 0 aromatic heterocycles. The maximum atomic E-state index is 14.4. The van der Waals surface area contributed by atoms with Gasteiger partial charge in [-0.15, -0.1) is 0 Å². The van der Waals surface area contributed by atoms with Crippen LogP contribution in [-0.2, 0) is 16.1 Å². The van der Waals surface area contributed by atoms with Crippen molar-refractivity contribution in [3.63, 3.8) is 0 Å². The Morgan fingerprint density at radius 3 is 2.15 bits per heavy atom. The highest BCUT2D eigenvalue weighted by atomic mass is 19.1. The number of hydrogen-bond acceptors (Lipinski definition) is 4. The number of imide groups is 1. The topological polar surface area (TPSA) is 49.9 Å². The van der Waals surface area contributed by atoms with Gasteiger partial charge in [-0.2, -0.15) is 0 Å². The number of nitrogens with zero attached hydrogens (tertiary/aromatic N) is 2.